The molecule has 3 aromatic rings. The lowest BCUT2D eigenvalue weighted by molar-refractivity contribution is 0.629. The lowest BCUT2D eigenvalue weighted by Crippen LogP contribution is -2.06. The summed E-state index contributed by atoms with van der Waals surface area (Å²) in [5.41, 5.74) is 3.33. The van der Waals surface area contributed by atoms with E-state index in [1.165, 1.54) is 6.07 Å². The number of fused-ring (bicyclic) bond motifs is 1. The number of hydrogen-bond acceptors (Lipinski definition) is 2. The Morgan fingerprint density at radius 1 is 1.25 bits per heavy atom. The van der Waals surface area contributed by atoms with Gasteiger partial charge in [-0.2, -0.15) is 0 Å². The zero-order chi connectivity index (χ0) is 14.1. The van der Waals surface area contributed by atoms with Crippen molar-refractivity contribution in [2.45, 2.75) is 13.5 Å². The van der Waals surface area contributed by atoms with Crippen LogP contribution < -0.4 is 5.32 Å². The molecule has 1 aromatic carbocycles. The molecular weight excluding hydrogens is 321 g/mol. The maximum Gasteiger partial charge on any atom is 0.147 e. The van der Waals surface area contributed by atoms with E-state index in [-0.39, 0.29) is 5.82 Å². The van der Waals surface area contributed by atoms with Crippen molar-refractivity contribution in [1.82, 2.24) is 9.38 Å². The number of nitrogens with one attached hydrogen (secondary N) is 1. The van der Waals surface area contributed by atoms with E-state index in [9.17, 15) is 4.39 Å². The molecule has 0 unspecified atom stereocenters. The molecule has 1 N–H and O–H groups in total. The minimum Gasteiger partial charge on any atom is -0.376 e. The number of aromatic nitrogens is 2. The first kappa shape index (κ1) is 13.1. The molecular formula is C15H13BrFN3. The minimum absolute atomic E-state index is 0.272. The summed E-state index contributed by atoms with van der Waals surface area (Å²) in [5, 5.41) is 3.13. The Balaban J connectivity index is 1.93. The second kappa shape index (κ2) is 5.25. The maximum absolute atomic E-state index is 13.8. The summed E-state index contributed by atoms with van der Waals surface area (Å²) in [6.07, 6.45) is 1.96. The largest absolute Gasteiger partial charge is 0.376 e. The third-order valence-corrected chi connectivity index (χ3v) is 3.89. The van der Waals surface area contributed by atoms with Crippen LogP contribution in [0, 0.1) is 12.7 Å². The number of nitrogens with zero attached hydrogens (tertiary/aromatic N) is 2. The summed E-state index contributed by atoms with van der Waals surface area (Å²) in [6, 6.07) is 10.8. The molecule has 0 amide bonds. The van der Waals surface area contributed by atoms with Gasteiger partial charge in [-0.3, -0.25) is 0 Å². The van der Waals surface area contributed by atoms with Crippen molar-refractivity contribution >= 4 is 27.3 Å². The molecule has 0 aliphatic carbocycles. The lowest BCUT2D eigenvalue weighted by atomic mass is 10.3. The highest BCUT2D eigenvalue weighted by Gasteiger charge is 2.10. The lowest BCUT2D eigenvalue weighted by Gasteiger charge is -2.10. The van der Waals surface area contributed by atoms with Crippen molar-refractivity contribution in [1.29, 1.82) is 0 Å². The Hall–Kier alpha value is -1.88. The molecule has 2 aromatic heterocycles. The van der Waals surface area contributed by atoms with Gasteiger partial charge in [0.1, 0.15) is 11.5 Å². The topological polar surface area (TPSA) is 29.3 Å². The number of rotatable bonds is 3. The first-order valence-electron chi connectivity index (χ1n) is 6.27. The second-order valence-electron chi connectivity index (χ2n) is 4.52. The van der Waals surface area contributed by atoms with Gasteiger partial charge in [0.25, 0.3) is 0 Å². The molecule has 0 aliphatic rings. The number of imidazole rings is 1. The first-order valence-corrected chi connectivity index (χ1v) is 7.06. The van der Waals surface area contributed by atoms with Crippen LogP contribution in [0.3, 0.4) is 0 Å². The zero-order valence-corrected chi connectivity index (χ0v) is 12.5. The smallest absolute Gasteiger partial charge is 0.147 e. The molecule has 5 heteroatoms. The van der Waals surface area contributed by atoms with Crippen molar-refractivity contribution in [2.75, 3.05) is 5.32 Å². The van der Waals surface area contributed by atoms with Gasteiger partial charge in [0.15, 0.2) is 0 Å². The highest BCUT2D eigenvalue weighted by atomic mass is 79.9. The van der Waals surface area contributed by atoms with Gasteiger partial charge in [-0.15, -0.1) is 0 Å². The zero-order valence-electron chi connectivity index (χ0n) is 10.9. The van der Waals surface area contributed by atoms with E-state index in [2.05, 4.69) is 26.2 Å². The summed E-state index contributed by atoms with van der Waals surface area (Å²) in [6.45, 7) is 2.47. The van der Waals surface area contributed by atoms with Gasteiger partial charge in [-0.25, -0.2) is 9.37 Å². The average Bonchev–Trinajstić information content (AvgIpc) is 2.74. The average molecular weight is 334 g/mol. The van der Waals surface area contributed by atoms with Gasteiger partial charge in [0.2, 0.25) is 0 Å². The van der Waals surface area contributed by atoms with Crippen molar-refractivity contribution in [3.8, 4) is 0 Å². The predicted molar refractivity (Wildman–Crippen MR) is 81.4 cm³/mol. The van der Waals surface area contributed by atoms with Gasteiger partial charge in [0, 0.05) is 10.7 Å². The van der Waals surface area contributed by atoms with Crippen LogP contribution in [0.2, 0.25) is 0 Å². The number of halogens is 2. The van der Waals surface area contributed by atoms with E-state index >= 15 is 0 Å². The Kier molecular flexibility index (Phi) is 3.44. The van der Waals surface area contributed by atoms with Crippen molar-refractivity contribution in [3.63, 3.8) is 0 Å². The molecule has 0 bridgehead atoms. The molecule has 0 radical (unpaired) electrons. The Labute approximate surface area is 124 Å². The first-order chi connectivity index (χ1) is 9.66. The number of para-hydroxylation sites is 1. The van der Waals surface area contributed by atoms with Crippen molar-refractivity contribution < 1.29 is 4.39 Å². The molecule has 2 heterocycles. The summed E-state index contributed by atoms with van der Waals surface area (Å²) >= 11 is 3.35. The number of aryl methyl sites for hydroxylation is 1. The molecule has 0 aliphatic heterocycles. The summed E-state index contributed by atoms with van der Waals surface area (Å²) in [4.78, 5) is 4.49. The van der Waals surface area contributed by atoms with Crippen LogP contribution in [-0.2, 0) is 6.54 Å². The monoisotopic (exact) mass is 333 g/mol. The Morgan fingerprint density at radius 3 is 2.90 bits per heavy atom. The van der Waals surface area contributed by atoms with E-state index in [0.717, 1.165) is 17.0 Å². The fourth-order valence-corrected chi connectivity index (χ4v) is 2.70. The molecule has 102 valence electrons. The summed E-state index contributed by atoms with van der Waals surface area (Å²) in [5.74, 6) is -0.272. The number of pyridine rings is 1. The fraction of sp³-hybridized carbons (Fsp3) is 0.133. The van der Waals surface area contributed by atoms with Crippen LogP contribution in [0.15, 0.2) is 47.1 Å². The van der Waals surface area contributed by atoms with Crippen LogP contribution in [0.5, 0.6) is 0 Å². The summed E-state index contributed by atoms with van der Waals surface area (Å²) in [7, 11) is 0. The van der Waals surface area contributed by atoms with E-state index in [0.29, 0.717) is 16.7 Å². The second-order valence-corrected chi connectivity index (χ2v) is 5.38. The molecule has 0 spiro atoms. The van der Waals surface area contributed by atoms with Gasteiger partial charge in [0.05, 0.1) is 23.6 Å². The summed E-state index contributed by atoms with van der Waals surface area (Å²) < 4.78 is 16.5. The highest BCUT2D eigenvalue weighted by Crippen LogP contribution is 2.26. The third-order valence-electron chi connectivity index (χ3n) is 3.22. The van der Waals surface area contributed by atoms with Crippen LogP contribution in [0.25, 0.3) is 5.65 Å². The molecule has 0 fully saturated rings. The van der Waals surface area contributed by atoms with E-state index in [1.807, 2.05) is 41.8 Å². The highest BCUT2D eigenvalue weighted by molar-refractivity contribution is 9.10. The normalized spacial score (nSPS) is 10.9. The molecule has 0 atom stereocenters. The van der Waals surface area contributed by atoms with Crippen LogP contribution in [0.1, 0.15) is 11.4 Å². The van der Waals surface area contributed by atoms with E-state index < -0.39 is 0 Å². The van der Waals surface area contributed by atoms with E-state index in [1.54, 1.807) is 6.07 Å². The van der Waals surface area contributed by atoms with Crippen LogP contribution in [0.4, 0.5) is 10.1 Å². The Bertz CT molecular complexity index is 747. The fourth-order valence-electron chi connectivity index (χ4n) is 2.22. The predicted octanol–water partition coefficient (Wildman–Crippen LogP) is 4.16. The molecule has 3 rings (SSSR count). The molecule has 0 saturated carbocycles. The Morgan fingerprint density at radius 2 is 2.10 bits per heavy atom. The minimum atomic E-state index is -0.272. The molecule has 20 heavy (non-hydrogen) atoms. The number of hydrogen-bond donors (Lipinski definition) is 1. The molecule has 3 nitrogen and oxygen atoms in total. The quantitative estimate of drug-likeness (QED) is 0.779. The van der Waals surface area contributed by atoms with Gasteiger partial charge >= 0.3 is 0 Å². The maximum atomic E-state index is 13.8. The van der Waals surface area contributed by atoms with Crippen molar-refractivity contribution in [2.24, 2.45) is 0 Å². The standard InChI is InChI=1S/C15H13BrFN3/c1-10-13(20-8-3-2-7-14(20)19-10)9-18-15-11(16)5-4-6-12(15)17/h2-8,18H,9H2,1H3. The SMILES string of the molecule is Cc1nc2ccccn2c1CNc1c(F)cccc1Br. The van der Waals surface area contributed by atoms with E-state index in [4.69, 9.17) is 0 Å². The van der Waals surface area contributed by atoms with Gasteiger partial charge < -0.3 is 9.72 Å². The number of benzene rings is 1. The van der Waals surface area contributed by atoms with Crippen LogP contribution in [-0.4, -0.2) is 9.38 Å². The third kappa shape index (κ3) is 2.29. The van der Waals surface area contributed by atoms with Crippen LogP contribution >= 0.6 is 15.9 Å². The van der Waals surface area contributed by atoms with Gasteiger partial charge in [-0.1, -0.05) is 12.1 Å². The van der Waals surface area contributed by atoms with Crippen molar-refractivity contribution in [3.05, 3.63) is 64.3 Å². The van der Waals surface area contributed by atoms with Gasteiger partial charge in [-0.05, 0) is 47.1 Å². The molecule has 0 saturated heterocycles. The number of anilines is 1.